The van der Waals surface area contributed by atoms with E-state index in [2.05, 4.69) is 0 Å². The summed E-state index contributed by atoms with van der Waals surface area (Å²) in [7, 11) is 0. The van der Waals surface area contributed by atoms with Gasteiger partial charge in [0.2, 0.25) is 5.78 Å². The highest BCUT2D eigenvalue weighted by Crippen LogP contribution is 2.22. The van der Waals surface area contributed by atoms with Crippen molar-refractivity contribution in [2.24, 2.45) is 0 Å². The molecule has 9 heavy (non-hydrogen) atoms. The summed E-state index contributed by atoms with van der Waals surface area (Å²) >= 11 is 0. The Hall–Kier alpha value is -0.830. The quantitative estimate of drug-likeness (QED) is 0.488. The molecule has 0 radical (unpaired) electrons. The second-order valence-electron chi connectivity index (χ2n) is 2.40. The fourth-order valence-electron chi connectivity index (χ4n) is 0.757. The van der Waals surface area contributed by atoms with Crippen LogP contribution in [0.5, 0.6) is 0 Å². The lowest BCUT2D eigenvalue weighted by Crippen LogP contribution is -2.30. The molecule has 1 aliphatic rings. The van der Waals surface area contributed by atoms with Crippen LogP contribution in [0, 0.1) is 0 Å². The molecule has 0 amide bonds. The molecule has 0 aromatic rings. The Morgan fingerprint density at radius 2 is 2.33 bits per heavy atom. The van der Waals surface area contributed by atoms with E-state index < -0.39 is 11.4 Å². The number of ketones is 1. The van der Waals surface area contributed by atoms with Gasteiger partial charge in [0.1, 0.15) is 5.60 Å². The van der Waals surface area contributed by atoms with Crippen LogP contribution in [0.1, 0.15) is 13.3 Å². The van der Waals surface area contributed by atoms with E-state index in [-0.39, 0.29) is 12.2 Å². The van der Waals surface area contributed by atoms with Crippen molar-refractivity contribution >= 4 is 5.78 Å². The molecule has 0 aromatic carbocycles. The third-order valence-corrected chi connectivity index (χ3v) is 1.41. The summed E-state index contributed by atoms with van der Waals surface area (Å²) in [5.41, 5.74) is -1.36. The van der Waals surface area contributed by atoms with Crippen molar-refractivity contribution in [3.05, 3.63) is 11.8 Å². The van der Waals surface area contributed by atoms with Crippen molar-refractivity contribution in [1.82, 2.24) is 0 Å². The predicted octanol–water partition coefficient (Wildman–Crippen LogP) is 0.152. The van der Waals surface area contributed by atoms with Crippen LogP contribution in [0.15, 0.2) is 11.8 Å². The maximum absolute atomic E-state index is 10.7. The lowest BCUT2D eigenvalue weighted by molar-refractivity contribution is -0.132. The zero-order valence-electron chi connectivity index (χ0n) is 5.09. The highest BCUT2D eigenvalue weighted by atomic mass is 16.3. The lowest BCUT2D eigenvalue weighted by Gasteiger charge is -2.11. The predicted molar refractivity (Wildman–Crippen MR) is 31.0 cm³/mol. The number of aliphatic hydroxyl groups is 2. The molecule has 3 nitrogen and oxygen atoms in total. The maximum Gasteiger partial charge on any atom is 0.228 e. The number of carbonyl (C=O) groups is 1. The summed E-state index contributed by atoms with van der Waals surface area (Å²) < 4.78 is 0. The molecule has 0 bridgehead atoms. The monoisotopic (exact) mass is 128 g/mol. The summed E-state index contributed by atoms with van der Waals surface area (Å²) in [4.78, 5) is 10.7. The van der Waals surface area contributed by atoms with E-state index >= 15 is 0 Å². The van der Waals surface area contributed by atoms with Crippen molar-refractivity contribution in [1.29, 1.82) is 0 Å². The van der Waals surface area contributed by atoms with E-state index in [1.807, 2.05) is 0 Å². The molecule has 1 atom stereocenters. The van der Waals surface area contributed by atoms with Gasteiger partial charge in [0.25, 0.3) is 0 Å². The molecular weight excluding hydrogens is 120 g/mol. The summed E-state index contributed by atoms with van der Waals surface area (Å²) in [6, 6.07) is 0. The highest BCUT2D eigenvalue weighted by Gasteiger charge is 2.36. The molecule has 1 unspecified atom stereocenters. The topological polar surface area (TPSA) is 57.5 Å². The van der Waals surface area contributed by atoms with E-state index in [9.17, 15) is 4.79 Å². The molecule has 0 heterocycles. The van der Waals surface area contributed by atoms with Gasteiger partial charge >= 0.3 is 0 Å². The van der Waals surface area contributed by atoms with Crippen LogP contribution in [0.2, 0.25) is 0 Å². The Morgan fingerprint density at radius 1 is 1.78 bits per heavy atom. The van der Waals surface area contributed by atoms with Gasteiger partial charge in [0, 0.05) is 6.42 Å². The molecule has 1 aliphatic carbocycles. The van der Waals surface area contributed by atoms with Gasteiger partial charge in [-0.1, -0.05) is 0 Å². The first kappa shape index (κ1) is 6.29. The molecule has 3 heteroatoms. The van der Waals surface area contributed by atoms with Gasteiger partial charge in [0.15, 0.2) is 5.76 Å². The summed E-state index contributed by atoms with van der Waals surface area (Å²) in [6.45, 7) is 1.38. The van der Waals surface area contributed by atoms with Crippen molar-refractivity contribution in [3.8, 4) is 0 Å². The molecule has 0 saturated heterocycles. The van der Waals surface area contributed by atoms with Crippen LogP contribution in [0.3, 0.4) is 0 Å². The van der Waals surface area contributed by atoms with Crippen molar-refractivity contribution in [3.63, 3.8) is 0 Å². The number of aliphatic hydroxyl groups excluding tert-OH is 1. The number of carbonyl (C=O) groups excluding carboxylic acids is 1. The molecule has 50 valence electrons. The van der Waals surface area contributed by atoms with Gasteiger partial charge in [-0.25, -0.2) is 0 Å². The minimum atomic E-state index is -1.36. The summed E-state index contributed by atoms with van der Waals surface area (Å²) in [5, 5.41) is 17.8. The number of hydrogen-bond acceptors (Lipinski definition) is 3. The van der Waals surface area contributed by atoms with Gasteiger partial charge in [-0.05, 0) is 13.0 Å². The van der Waals surface area contributed by atoms with Crippen molar-refractivity contribution < 1.29 is 15.0 Å². The first-order chi connectivity index (χ1) is 4.04. The molecule has 1 rings (SSSR count). The summed E-state index contributed by atoms with van der Waals surface area (Å²) in [6.07, 6.45) is 1.54. The van der Waals surface area contributed by atoms with Crippen molar-refractivity contribution in [2.75, 3.05) is 0 Å². The molecule has 0 aromatic heterocycles. The van der Waals surface area contributed by atoms with E-state index in [1.54, 1.807) is 0 Å². The SMILES string of the molecule is CC1(O)CC=C(O)C1=O. The minimum Gasteiger partial charge on any atom is -0.505 e. The molecule has 0 saturated carbocycles. The molecule has 2 N–H and O–H groups in total. The van der Waals surface area contributed by atoms with Gasteiger partial charge in [-0.2, -0.15) is 0 Å². The second kappa shape index (κ2) is 1.57. The Labute approximate surface area is 52.6 Å². The standard InChI is InChI=1S/C6H8O3/c1-6(9)3-2-4(7)5(6)8/h2,7,9H,3H2,1H3. The highest BCUT2D eigenvalue weighted by molar-refractivity contribution is 6.01. The van der Waals surface area contributed by atoms with Crippen LogP contribution in [0.4, 0.5) is 0 Å². The number of hydrogen-bond donors (Lipinski definition) is 2. The number of Topliss-reactive ketones (excluding diaryl/α,β-unsaturated/α-hetero) is 1. The maximum atomic E-state index is 10.7. The zero-order valence-corrected chi connectivity index (χ0v) is 5.09. The van der Waals surface area contributed by atoms with Crippen LogP contribution in [-0.4, -0.2) is 21.6 Å². The minimum absolute atomic E-state index is 0.220. The Bertz CT molecular complexity index is 179. The van der Waals surface area contributed by atoms with Gasteiger partial charge in [-0.3, -0.25) is 4.79 Å². The smallest absolute Gasteiger partial charge is 0.228 e. The summed E-state index contributed by atoms with van der Waals surface area (Å²) in [5.74, 6) is -0.900. The lowest BCUT2D eigenvalue weighted by atomic mass is 10.0. The van der Waals surface area contributed by atoms with Gasteiger partial charge in [0.05, 0.1) is 0 Å². The fourth-order valence-corrected chi connectivity index (χ4v) is 0.757. The zero-order chi connectivity index (χ0) is 7.07. The van der Waals surface area contributed by atoms with Crippen LogP contribution >= 0.6 is 0 Å². The van der Waals surface area contributed by atoms with Crippen LogP contribution in [-0.2, 0) is 4.79 Å². The third-order valence-electron chi connectivity index (χ3n) is 1.41. The molecular formula is C6H8O3. The second-order valence-corrected chi connectivity index (χ2v) is 2.40. The average molecular weight is 128 g/mol. The Morgan fingerprint density at radius 3 is 2.44 bits per heavy atom. The molecule has 0 fully saturated rings. The fraction of sp³-hybridized carbons (Fsp3) is 0.500. The average Bonchev–Trinajstić information content (AvgIpc) is 1.97. The Balaban J connectivity index is 2.86. The first-order valence-corrected chi connectivity index (χ1v) is 2.70. The molecule has 0 aliphatic heterocycles. The Kier molecular flexibility index (Phi) is 1.10. The van der Waals surface area contributed by atoms with Gasteiger partial charge in [-0.15, -0.1) is 0 Å². The normalized spacial score (nSPS) is 34.9. The molecule has 0 spiro atoms. The van der Waals surface area contributed by atoms with Gasteiger partial charge < -0.3 is 10.2 Å². The van der Waals surface area contributed by atoms with E-state index in [0.717, 1.165) is 0 Å². The van der Waals surface area contributed by atoms with E-state index in [0.29, 0.717) is 0 Å². The van der Waals surface area contributed by atoms with E-state index in [4.69, 9.17) is 10.2 Å². The van der Waals surface area contributed by atoms with E-state index in [1.165, 1.54) is 13.0 Å². The third kappa shape index (κ3) is 0.833. The number of rotatable bonds is 0. The largest absolute Gasteiger partial charge is 0.505 e. The first-order valence-electron chi connectivity index (χ1n) is 2.70. The van der Waals surface area contributed by atoms with Crippen LogP contribution < -0.4 is 0 Å². The van der Waals surface area contributed by atoms with Crippen molar-refractivity contribution in [2.45, 2.75) is 18.9 Å². The van der Waals surface area contributed by atoms with Crippen LogP contribution in [0.25, 0.3) is 0 Å².